The fraction of sp³-hybridized carbons (Fsp3) is 0.562. The minimum absolute atomic E-state index is 0.0866. The van der Waals surface area contributed by atoms with Crippen LogP contribution in [0.1, 0.15) is 46.1 Å². The van der Waals surface area contributed by atoms with Crippen LogP contribution < -0.4 is 4.74 Å². The van der Waals surface area contributed by atoms with Crippen LogP contribution in [0, 0.1) is 5.92 Å². The number of carbonyl (C=O) groups is 1. The van der Waals surface area contributed by atoms with Gasteiger partial charge in [-0.15, -0.1) is 0 Å². The molecule has 0 heterocycles. The van der Waals surface area contributed by atoms with E-state index in [9.17, 15) is 4.79 Å². The Morgan fingerprint density at radius 2 is 1.68 bits per heavy atom. The summed E-state index contributed by atoms with van der Waals surface area (Å²) in [5.41, 5.74) is 0.976. The Morgan fingerprint density at radius 1 is 1.11 bits per heavy atom. The highest BCUT2D eigenvalue weighted by molar-refractivity contribution is 5.78. The van der Waals surface area contributed by atoms with Crippen LogP contribution in [0.5, 0.6) is 5.75 Å². The van der Waals surface area contributed by atoms with Crippen LogP contribution in [0.25, 0.3) is 0 Å². The number of rotatable bonds is 6. The van der Waals surface area contributed by atoms with E-state index in [-0.39, 0.29) is 23.9 Å². The van der Waals surface area contributed by atoms with Crippen molar-refractivity contribution in [3.8, 4) is 5.75 Å². The molecule has 1 unspecified atom stereocenters. The van der Waals surface area contributed by atoms with E-state index in [1.807, 2.05) is 58.9 Å². The number of carbonyl (C=O) groups excluding carboxylic acids is 1. The lowest BCUT2D eigenvalue weighted by atomic mass is 9.88. The fourth-order valence-electron chi connectivity index (χ4n) is 2.04. The monoisotopic (exact) mass is 264 g/mol. The molecule has 19 heavy (non-hydrogen) atoms. The van der Waals surface area contributed by atoms with E-state index in [1.54, 1.807) is 0 Å². The lowest BCUT2D eigenvalue weighted by Gasteiger charge is -2.21. The molecule has 0 aromatic heterocycles. The summed E-state index contributed by atoms with van der Waals surface area (Å²) in [4.78, 5) is 12.2. The van der Waals surface area contributed by atoms with Crippen molar-refractivity contribution in [2.24, 2.45) is 5.92 Å². The van der Waals surface area contributed by atoms with E-state index < -0.39 is 0 Å². The van der Waals surface area contributed by atoms with Crippen LogP contribution in [-0.4, -0.2) is 18.7 Å². The van der Waals surface area contributed by atoms with E-state index in [0.29, 0.717) is 6.61 Å². The van der Waals surface area contributed by atoms with E-state index in [2.05, 4.69) is 0 Å². The summed E-state index contributed by atoms with van der Waals surface area (Å²) in [5.74, 6) is 0.641. The smallest absolute Gasteiger partial charge is 0.313 e. The summed E-state index contributed by atoms with van der Waals surface area (Å²) < 4.78 is 10.7. The van der Waals surface area contributed by atoms with Crippen LogP contribution in [-0.2, 0) is 9.53 Å². The lowest BCUT2D eigenvalue weighted by Crippen LogP contribution is -2.23. The molecule has 3 nitrogen and oxygen atoms in total. The van der Waals surface area contributed by atoms with Crippen molar-refractivity contribution >= 4 is 5.97 Å². The van der Waals surface area contributed by atoms with Crippen LogP contribution >= 0.6 is 0 Å². The normalized spacial score (nSPS) is 12.6. The Balaban J connectivity index is 2.89. The van der Waals surface area contributed by atoms with Gasteiger partial charge >= 0.3 is 5.97 Å². The highest BCUT2D eigenvalue weighted by Crippen LogP contribution is 2.28. The van der Waals surface area contributed by atoms with Gasteiger partial charge in [0.2, 0.25) is 0 Å². The fourth-order valence-corrected chi connectivity index (χ4v) is 2.04. The summed E-state index contributed by atoms with van der Waals surface area (Å²) in [6.07, 6.45) is -0.0866. The summed E-state index contributed by atoms with van der Waals surface area (Å²) in [5, 5.41) is 0. The molecule has 0 bridgehead atoms. The quantitative estimate of drug-likeness (QED) is 0.734. The zero-order chi connectivity index (χ0) is 14.4. The zero-order valence-electron chi connectivity index (χ0n) is 12.5. The van der Waals surface area contributed by atoms with Gasteiger partial charge in [0.1, 0.15) is 5.75 Å². The number of ether oxygens (including phenoxy) is 2. The van der Waals surface area contributed by atoms with E-state index in [0.717, 1.165) is 11.3 Å². The van der Waals surface area contributed by atoms with Crippen molar-refractivity contribution in [2.45, 2.75) is 46.6 Å². The van der Waals surface area contributed by atoms with Gasteiger partial charge < -0.3 is 9.47 Å². The van der Waals surface area contributed by atoms with E-state index >= 15 is 0 Å². The molecule has 0 saturated carbocycles. The molecule has 106 valence electrons. The second kappa shape index (κ2) is 7.17. The highest BCUT2D eigenvalue weighted by atomic mass is 16.5. The predicted molar refractivity (Wildman–Crippen MR) is 76.4 cm³/mol. The molecule has 0 radical (unpaired) electrons. The van der Waals surface area contributed by atoms with Gasteiger partial charge in [-0.2, -0.15) is 0 Å². The molecule has 0 saturated heterocycles. The highest BCUT2D eigenvalue weighted by Gasteiger charge is 2.26. The van der Waals surface area contributed by atoms with Gasteiger partial charge in [-0.1, -0.05) is 26.0 Å². The third-order valence-electron chi connectivity index (χ3n) is 2.82. The van der Waals surface area contributed by atoms with Gasteiger partial charge in [0.15, 0.2) is 0 Å². The first kappa shape index (κ1) is 15.5. The molecular formula is C16H24O3. The Morgan fingerprint density at radius 3 is 2.11 bits per heavy atom. The summed E-state index contributed by atoms with van der Waals surface area (Å²) in [7, 11) is 0. The molecule has 0 aliphatic carbocycles. The number of hydrogen-bond acceptors (Lipinski definition) is 3. The lowest BCUT2D eigenvalue weighted by molar-refractivity contribution is -0.150. The maximum atomic E-state index is 12.2. The number of hydrogen-bond donors (Lipinski definition) is 0. The minimum Gasteiger partial charge on any atom is -0.494 e. The standard InChI is InChI=1S/C16H24O3/c1-6-18-14-9-7-13(8-10-14)15(11(2)3)16(17)19-12(4)5/h7-12,15H,6H2,1-5H3. The molecule has 3 heteroatoms. The predicted octanol–water partition coefficient (Wildman–Crippen LogP) is 3.78. The van der Waals surface area contributed by atoms with Crippen molar-refractivity contribution in [1.82, 2.24) is 0 Å². The van der Waals surface area contributed by atoms with E-state index in [1.165, 1.54) is 0 Å². The van der Waals surface area contributed by atoms with Crippen molar-refractivity contribution in [1.29, 1.82) is 0 Å². The average Bonchev–Trinajstić information content (AvgIpc) is 2.30. The van der Waals surface area contributed by atoms with Gasteiger partial charge in [-0.3, -0.25) is 4.79 Å². The second-order valence-corrected chi connectivity index (χ2v) is 5.21. The topological polar surface area (TPSA) is 35.5 Å². The van der Waals surface area contributed by atoms with Gasteiger partial charge in [0.25, 0.3) is 0 Å². The molecule has 0 amide bonds. The Labute approximate surface area is 115 Å². The molecule has 1 atom stereocenters. The molecule has 0 N–H and O–H groups in total. The Kier molecular flexibility index (Phi) is 5.87. The number of benzene rings is 1. The molecule has 0 aliphatic heterocycles. The van der Waals surface area contributed by atoms with Gasteiger partial charge in [-0.05, 0) is 44.4 Å². The average molecular weight is 264 g/mol. The molecule has 1 aromatic carbocycles. The van der Waals surface area contributed by atoms with Crippen molar-refractivity contribution in [3.63, 3.8) is 0 Å². The summed E-state index contributed by atoms with van der Waals surface area (Å²) in [6.45, 7) is 10.4. The summed E-state index contributed by atoms with van der Waals surface area (Å²) in [6, 6.07) is 7.68. The molecule has 0 fully saturated rings. The zero-order valence-corrected chi connectivity index (χ0v) is 12.5. The molecule has 0 aliphatic rings. The third kappa shape index (κ3) is 4.58. The first-order valence-electron chi connectivity index (χ1n) is 6.89. The molecule has 1 rings (SSSR count). The largest absolute Gasteiger partial charge is 0.494 e. The van der Waals surface area contributed by atoms with Crippen LogP contribution in [0.4, 0.5) is 0 Å². The summed E-state index contributed by atoms with van der Waals surface area (Å²) >= 11 is 0. The van der Waals surface area contributed by atoms with Crippen LogP contribution in [0.3, 0.4) is 0 Å². The second-order valence-electron chi connectivity index (χ2n) is 5.21. The molecule has 1 aromatic rings. The maximum Gasteiger partial charge on any atom is 0.313 e. The van der Waals surface area contributed by atoms with Crippen molar-refractivity contribution < 1.29 is 14.3 Å². The van der Waals surface area contributed by atoms with E-state index in [4.69, 9.17) is 9.47 Å². The van der Waals surface area contributed by atoms with Crippen molar-refractivity contribution in [2.75, 3.05) is 6.61 Å². The van der Waals surface area contributed by atoms with Gasteiger partial charge in [0, 0.05) is 0 Å². The number of esters is 1. The Bertz CT molecular complexity index is 393. The third-order valence-corrected chi connectivity index (χ3v) is 2.82. The van der Waals surface area contributed by atoms with Gasteiger partial charge in [-0.25, -0.2) is 0 Å². The van der Waals surface area contributed by atoms with Crippen LogP contribution in [0.15, 0.2) is 24.3 Å². The Hall–Kier alpha value is -1.51. The molecule has 0 spiro atoms. The molecular weight excluding hydrogens is 240 g/mol. The van der Waals surface area contributed by atoms with Gasteiger partial charge in [0.05, 0.1) is 18.6 Å². The maximum absolute atomic E-state index is 12.2. The first-order valence-corrected chi connectivity index (χ1v) is 6.89. The SMILES string of the molecule is CCOc1ccc(C(C(=O)OC(C)C)C(C)C)cc1. The first-order chi connectivity index (χ1) is 8.95. The minimum atomic E-state index is -0.224. The van der Waals surface area contributed by atoms with Crippen LogP contribution in [0.2, 0.25) is 0 Å². The van der Waals surface area contributed by atoms with Crippen molar-refractivity contribution in [3.05, 3.63) is 29.8 Å².